The number of sulfonamides is 1. The molecule has 1 N–H and O–H groups in total. The molecule has 0 aromatic heterocycles. The lowest BCUT2D eigenvalue weighted by Crippen LogP contribution is -2.19. The van der Waals surface area contributed by atoms with E-state index in [9.17, 15) is 8.42 Å². The van der Waals surface area contributed by atoms with Crippen molar-refractivity contribution in [2.24, 2.45) is 5.22 Å². The van der Waals surface area contributed by atoms with Crippen LogP contribution in [-0.4, -0.2) is 14.2 Å². The van der Waals surface area contributed by atoms with E-state index in [4.69, 9.17) is 5.53 Å². The van der Waals surface area contributed by atoms with Crippen molar-refractivity contribution >= 4 is 10.0 Å². The highest BCUT2D eigenvalue weighted by Crippen LogP contribution is 1.86. The molecule has 0 heterocycles. The molecule has 0 saturated carbocycles. The van der Waals surface area contributed by atoms with Crippen molar-refractivity contribution in [3.63, 3.8) is 0 Å². The predicted octanol–water partition coefficient (Wildman–Crippen LogP) is 0.541. The van der Waals surface area contributed by atoms with Gasteiger partial charge in [0.05, 0.1) is 5.75 Å². The van der Waals surface area contributed by atoms with E-state index in [-0.39, 0.29) is 5.75 Å². The van der Waals surface area contributed by atoms with E-state index < -0.39 is 10.0 Å². The van der Waals surface area contributed by atoms with E-state index in [2.05, 4.69) is 10.1 Å². The van der Waals surface area contributed by atoms with Crippen molar-refractivity contribution in [2.45, 2.75) is 13.3 Å². The second-order valence-electron chi connectivity index (χ2n) is 1.60. The van der Waals surface area contributed by atoms with Gasteiger partial charge in [-0.1, -0.05) is 6.92 Å². The first-order chi connectivity index (χ1) is 4.62. The van der Waals surface area contributed by atoms with Crippen molar-refractivity contribution < 1.29 is 8.42 Å². The molecule has 0 spiro atoms. The summed E-state index contributed by atoms with van der Waals surface area (Å²) in [7, 11) is -3.36. The monoisotopic (exact) mass is 164 g/mol. The van der Waals surface area contributed by atoms with Crippen LogP contribution in [-0.2, 0) is 10.0 Å². The Labute approximate surface area is 58.9 Å². The lowest BCUT2D eigenvalue weighted by molar-refractivity contribution is 0.582. The zero-order chi connectivity index (χ0) is 8.04. The highest BCUT2D eigenvalue weighted by Gasteiger charge is 2.07. The molecule has 0 rings (SSSR count). The number of nitrogens with one attached hydrogen (secondary N) is 1. The number of hydrogen-bond acceptors (Lipinski definition) is 3. The third kappa shape index (κ3) is 3.99. The van der Waals surface area contributed by atoms with Crippen LogP contribution in [0.2, 0.25) is 0 Å². The molecule has 0 bridgehead atoms. The smallest absolute Gasteiger partial charge is 0.184 e. The summed E-state index contributed by atoms with van der Waals surface area (Å²) < 4.78 is 21.2. The van der Waals surface area contributed by atoms with Gasteiger partial charge in [-0.15, -0.1) is 5.53 Å². The van der Waals surface area contributed by atoms with Crippen molar-refractivity contribution in [1.82, 2.24) is 4.83 Å². The SMILES string of the molecule is CCCS(=O)(=O)NN=[N+]=[N-]. The normalized spacial score (nSPS) is 10.1. The molecular weight excluding hydrogens is 156 g/mol. The molecule has 0 aromatic rings. The van der Waals surface area contributed by atoms with E-state index in [0.717, 1.165) is 0 Å². The molecule has 10 heavy (non-hydrogen) atoms. The molecule has 0 atom stereocenters. The quantitative estimate of drug-likeness (QED) is 0.284. The fourth-order valence-corrected chi connectivity index (χ4v) is 1.18. The second-order valence-corrected chi connectivity index (χ2v) is 3.42. The average Bonchev–Trinajstić information content (AvgIpc) is 1.84. The van der Waals surface area contributed by atoms with Crippen LogP contribution in [0, 0.1) is 0 Å². The van der Waals surface area contributed by atoms with E-state index in [1.54, 1.807) is 11.8 Å². The Kier molecular flexibility index (Phi) is 3.60. The number of azide groups is 1. The lowest BCUT2D eigenvalue weighted by Gasteiger charge is -1.93. The van der Waals surface area contributed by atoms with E-state index in [0.29, 0.717) is 6.42 Å². The van der Waals surface area contributed by atoms with Gasteiger partial charge in [0.2, 0.25) is 0 Å². The molecular formula is C3H8N4O2S. The molecule has 0 saturated heterocycles. The molecule has 0 fully saturated rings. The first kappa shape index (κ1) is 9.06. The summed E-state index contributed by atoms with van der Waals surface area (Å²) in [6.45, 7) is 1.72. The largest absolute Gasteiger partial charge is 0.301 e. The van der Waals surface area contributed by atoms with Crippen LogP contribution in [0.1, 0.15) is 13.3 Å². The van der Waals surface area contributed by atoms with Gasteiger partial charge in [-0.05, 0) is 11.6 Å². The highest BCUT2D eigenvalue weighted by atomic mass is 32.2. The zero-order valence-electron chi connectivity index (χ0n) is 5.48. The Morgan fingerprint density at radius 2 is 2.30 bits per heavy atom. The fraction of sp³-hybridized carbons (Fsp3) is 1.00. The molecule has 0 aliphatic rings. The maximum Gasteiger partial charge on any atom is 0.301 e. The van der Waals surface area contributed by atoms with Gasteiger partial charge in [-0.2, -0.15) is 18.2 Å². The minimum Gasteiger partial charge on any atom is -0.184 e. The van der Waals surface area contributed by atoms with Gasteiger partial charge in [0.15, 0.2) is 0 Å². The highest BCUT2D eigenvalue weighted by molar-refractivity contribution is 7.89. The molecule has 0 unspecified atom stereocenters. The molecule has 7 heteroatoms. The number of rotatable bonds is 4. The Morgan fingerprint density at radius 3 is 2.70 bits per heavy atom. The van der Waals surface area contributed by atoms with Gasteiger partial charge in [0.1, 0.15) is 0 Å². The maximum atomic E-state index is 10.6. The molecule has 0 aromatic carbocycles. The Hall–Kier alpha value is -0.940. The van der Waals surface area contributed by atoms with Gasteiger partial charge in [-0.25, -0.2) is 0 Å². The van der Waals surface area contributed by atoms with Gasteiger partial charge in [0.25, 0.3) is 0 Å². The van der Waals surface area contributed by atoms with Gasteiger partial charge >= 0.3 is 10.0 Å². The van der Waals surface area contributed by atoms with Crippen molar-refractivity contribution in [3.8, 4) is 0 Å². The lowest BCUT2D eigenvalue weighted by atomic mass is 10.6. The summed E-state index contributed by atoms with van der Waals surface area (Å²) in [5.41, 5.74) is 7.73. The number of nitrogens with zero attached hydrogens (tertiary/aromatic N) is 3. The minimum absolute atomic E-state index is 0.0218. The van der Waals surface area contributed by atoms with Crippen molar-refractivity contribution in [2.75, 3.05) is 5.75 Å². The minimum atomic E-state index is -3.36. The zero-order valence-corrected chi connectivity index (χ0v) is 6.30. The second kappa shape index (κ2) is 3.97. The predicted molar refractivity (Wildman–Crippen MR) is 36.4 cm³/mol. The Morgan fingerprint density at radius 1 is 1.70 bits per heavy atom. The average molecular weight is 164 g/mol. The molecule has 6 nitrogen and oxygen atoms in total. The van der Waals surface area contributed by atoms with Crippen molar-refractivity contribution in [1.29, 1.82) is 0 Å². The summed E-state index contributed by atoms with van der Waals surface area (Å²) >= 11 is 0. The summed E-state index contributed by atoms with van der Waals surface area (Å²) in [5, 5.41) is 2.70. The van der Waals surface area contributed by atoms with Gasteiger partial charge < -0.3 is 0 Å². The van der Waals surface area contributed by atoms with Gasteiger partial charge in [0, 0.05) is 0 Å². The van der Waals surface area contributed by atoms with Crippen molar-refractivity contribution in [3.05, 3.63) is 10.4 Å². The summed E-state index contributed by atoms with van der Waals surface area (Å²) in [6, 6.07) is 0. The van der Waals surface area contributed by atoms with Crippen LogP contribution >= 0.6 is 0 Å². The first-order valence-electron chi connectivity index (χ1n) is 2.66. The van der Waals surface area contributed by atoms with Crippen LogP contribution in [0.15, 0.2) is 5.22 Å². The van der Waals surface area contributed by atoms with Crippen LogP contribution in [0.5, 0.6) is 0 Å². The first-order valence-corrected chi connectivity index (χ1v) is 4.31. The maximum absolute atomic E-state index is 10.6. The number of hydrogen-bond donors (Lipinski definition) is 1. The topological polar surface area (TPSA) is 94.9 Å². The standard InChI is InChI=1S/C3H8N4O2S/c1-2-3-10(8,9)7-6-5-4/h7H,2-3H2,1H3. The Bertz CT molecular complexity index is 227. The van der Waals surface area contributed by atoms with E-state index in [1.165, 1.54) is 0 Å². The van der Waals surface area contributed by atoms with E-state index >= 15 is 0 Å². The third-order valence-electron chi connectivity index (χ3n) is 0.697. The van der Waals surface area contributed by atoms with Crippen LogP contribution in [0.4, 0.5) is 0 Å². The third-order valence-corrected chi connectivity index (χ3v) is 2.00. The molecule has 0 aliphatic carbocycles. The fourth-order valence-electron chi connectivity index (χ4n) is 0.395. The molecule has 0 aliphatic heterocycles. The molecule has 58 valence electrons. The van der Waals surface area contributed by atoms with Crippen LogP contribution in [0.3, 0.4) is 0 Å². The summed E-state index contributed by atoms with van der Waals surface area (Å²) in [6.07, 6.45) is 0.496. The van der Waals surface area contributed by atoms with E-state index in [1.807, 2.05) is 0 Å². The molecule has 0 amide bonds. The van der Waals surface area contributed by atoms with Crippen LogP contribution < -0.4 is 4.83 Å². The van der Waals surface area contributed by atoms with Gasteiger partial charge in [-0.3, -0.25) is 0 Å². The summed E-state index contributed by atoms with van der Waals surface area (Å²) in [4.78, 5) is 3.93. The Balaban J connectivity index is 4.01. The van der Waals surface area contributed by atoms with Crippen LogP contribution in [0.25, 0.3) is 10.4 Å². The summed E-state index contributed by atoms with van der Waals surface area (Å²) in [5.74, 6) is -0.0218. The molecule has 0 radical (unpaired) electrons.